The fourth-order valence-corrected chi connectivity index (χ4v) is 1.26. The van der Waals surface area contributed by atoms with Gasteiger partial charge in [-0.2, -0.15) is 0 Å². The molecule has 5 nitrogen and oxygen atoms in total. The zero-order chi connectivity index (χ0) is 13.1. The number of nitrogens with zero attached hydrogens (tertiary/aromatic N) is 1. The van der Waals surface area contributed by atoms with E-state index >= 15 is 0 Å². The number of aromatic carboxylic acids is 1. The highest BCUT2D eigenvalue weighted by molar-refractivity contribution is 5.89. The lowest BCUT2D eigenvalue weighted by Gasteiger charge is -2.23. The maximum Gasteiger partial charge on any atom is 0.337 e. The fourth-order valence-electron chi connectivity index (χ4n) is 1.26. The molecule has 1 rings (SSSR count). The summed E-state index contributed by atoms with van der Waals surface area (Å²) in [5.41, 5.74) is 0.431. The minimum absolute atomic E-state index is 0.224. The van der Waals surface area contributed by atoms with Gasteiger partial charge in [0.1, 0.15) is 5.82 Å². The molecule has 94 valence electrons. The predicted octanol–water partition coefficient (Wildman–Crippen LogP) is 1.93. The van der Waals surface area contributed by atoms with Gasteiger partial charge in [-0.3, -0.25) is 0 Å². The van der Waals surface area contributed by atoms with Gasteiger partial charge in [0.15, 0.2) is 0 Å². The normalized spacial score (nSPS) is 11.3. The Labute approximate surface area is 101 Å². The summed E-state index contributed by atoms with van der Waals surface area (Å²) in [4.78, 5) is 15.0. The molecule has 0 aromatic carbocycles. The lowest BCUT2D eigenvalue weighted by molar-refractivity contribution is 0.0343. The number of nitrogens with one attached hydrogen (secondary N) is 1. The molecule has 1 aromatic rings. The van der Waals surface area contributed by atoms with E-state index in [0.717, 1.165) is 0 Å². The van der Waals surface area contributed by atoms with E-state index in [1.165, 1.54) is 0 Å². The number of carbonyl (C=O) groups is 1. The second-order valence-electron chi connectivity index (χ2n) is 4.45. The third-order valence-electron chi connectivity index (χ3n) is 2.56. The maximum absolute atomic E-state index is 10.8. The molecule has 0 saturated heterocycles. The van der Waals surface area contributed by atoms with Crippen LogP contribution in [0.3, 0.4) is 0 Å². The summed E-state index contributed by atoms with van der Waals surface area (Å²) >= 11 is 0. The Kier molecular flexibility index (Phi) is 4.07. The van der Waals surface area contributed by atoms with Gasteiger partial charge >= 0.3 is 5.97 Å². The smallest absolute Gasteiger partial charge is 0.337 e. The van der Waals surface area contributed by atoms with Crippen molar-refractivity contribution in [3.8, 4) is 0 Å². The van der Waals surface area contributed by atoms with E-state index < -0.39 is 5.97 Å². The first-order valence-corrected chi connectivity index (χ1v) is 5.36. The van der Waals surface area contributed by atoms with Crippen LogP contribution in [0.5, 0.6) is 0 Å². The van der Waals surface area contributed by atoms with Crippen molar-refractivity contribution >= 4 is 11.8 Å². The maximum atomic E-state index is 10.8. The Hall–Kier alpha value is -1.62. The first kappa shape index (κ1) is 13.4. The molecule has 5 heteroatoms. The summed E-state index contributed by atoms with van der Waals surface area (Å²) < 4.78 is 5.27. The summed E-state index contributed by atoms with van der Waals surface area (Å²) in [6.45, 7) is 6.19. The van der Waals surface area contributed by atoms with Crippen molar-refractivity contribution < 1.29 is 14.6 Å². The number of hydrogen-bond acceptors (Lipinski definition) is 4. The van der Waals surface area contributed by atoms with Crippen LogP contribution in [0.2, 0.25) is 0 Å². The number of anilines is 1. The molecule has 0 aliphatic rings. The molecule has 2 N–H and O–H groups in total. The molecule has 0 aliphatic heterocycles. The number of ether oxygens (including phenoxy) is 1. The molecule has 0 amide bonds. The zero-order valence-electron chi connectivity index (χ0n) is 10.6. The quantitative estimate of drug-likeness (QED) is 0.820. The predicted molar refractivity (Wildman–Crippen MR) is 65.5 cm³/mol. The highest BCUT2D eigenvalue weighted by atomic mass is 16.5. The fraction of sp³-hybridized carbons (Fsp3) is 0.500. The van der Waals surface area contributed by atoms with Crippen molar-refractivity contribution in [3.05, 3.63) is 23.4 Å². The zero-order valence-corrected chi connectivity index (χ0v) is 10.6. The molecule has 1 heterocycles. The van der Waals surface area contributed by atoms with Gasteiger partial charge < -0.3 is 15.2 Å². The lowest BCUT2D eigenvalue weighted by Crippen LogP contribution is -2.32. The van der Waals surface area contributed by atoms with E-state index in [9.17, 15) is 4.79 Å². The van der Waals surface area contributed by atoms with Crippen molar-refractivity contribution in [2.75, 3.05) is 19.0 Å². The molecular weight excluding hydrogens is 220 g/mol. The van der Waals surface area contributed by atoms with Crippen LogP contribution in [0.1, 0.15) is 29.9 Å². The van der Waals surface area contributed by atoms with Gasteiger partial charge in [-0.25, -0.2) is 9.78 Å². The molecule has 0 aliphatic carbocycles. The molecule has 0 unspecified atom stereocenters. The minimum Gasteiger partial charge on any atom is -0.478 e. The standard InChI is InChI=1S/C12H18N2O3/c1-8-9(11(15)16)5-6-10(14-8)13-7-12(2,3)17-4/h5-6H,7H2,1-4H3,(H,13,14)(H,15,16). The Morgan fingerprint density at radius 2 is 2.18 bits per heavy atom. The largest absolute Gasteiger partial charge is 0.478 e. The van der Waals surface area contributed by atoms with Gasteiger partial charge in [0.25, 0.3) is 0 Å². The molecule has 0 atom stereocenters. The minimum atomic E-state index is -0.959. The van der Waals surface area contributed by atoms with Gasteiger partial charge in [-0.1, -0.05) is 0 Å². The van der Waals surface area contributed by atoms with Crippen molar-refractivity contribution in [2.24, 2.45) is 0 Å². The monoisotopic (exact) mass is 238 g/mol. The van der Waals surface area contributed by atoms with E-state index in [1.807, 2.05) is 13.8 Å². The molecule has 0 saturated carbocycles. The summed E-state index contributed by atoms with van der Waals surface area (Å²) in [7, 11) is 1.65. The van der Waals surface area contributed by atoms with Crippen LogP contribution in [-0.4, -0.2) is 35.3 Å². The van der Waals surface area contributed by atoms with Gasteiger partial charge in [0.05, 0.1) is 16.9 Å². The van der Waals surface area contributed by atoms with E-state index in [-0.39, 0.29) is 11.2 Å². The van der Waals surface area contributed by atoms with Crippen molar-refractivity contribution in [1.29, 1.82) is 0 Å². The summed E-state index contributed by atoms with van der Waals surface area (Å²) in [5, 5.41) is 12.0. The van der Waals surface area contributed by atoms with E-state index in [1.54, 1.807) is 26.2 Å². The number of rotatable bonds is 5. The third kappa shape index (κ3) is 3.71. The Balaban J connectivity index is 2.75. The van der Waals surface area contributed by atoms with E-state index in [0.29, 0.717) is 18.1 Å². The number of methoxy groups -OCH3 is 1. The van der Waals surface area contributed by atoms with Gasteiger partial charge in [-0.05, 0) is 32.9 Å². The molecule has 0 fully saturated rings. The average molecular weight is 238 g/mol. The van der Waals surface area contributed by atoms with Crippen LogP contribution in [0.25, 0.3) is 0 Å². The Morgan fingerprint density at radius 3 is 2.65 bits per heavy atom. The van der Waals surface area contributed by atoms with Crippen molar-refractivity contribution in [2.45, 2.75) is 26.4 Å². The molecule has 0 spiro atoms. The van der Waals surface area contributed by atoms with E-state index in [2.05, 4.69) is 10.3 Å². The van der Waals surface area contributed by atoms with Crippen LogP contribution in [0.15, 0.2) is 12.1 Å². The Morgan fingerprint density at radius 1 is 1.53 bits per heavy atom. The Bertz CT molecular complexity index is 416. The molecule has 17 heavy (non-hydrogen) atoms. The van der Waals surface area contributed by atoms with Crippen LogP contribution >= 0.6 is 0 Å². The van der Waals surface area contributed by atoms with Crippen LogP contribution < -0.4 is 5.32 Å². The van der Waals surface area contributed by atoms with Gasteiger partial charge in [-0.15, -0.1) is 0 Å². The van der Waals surface area contributed by atoms with Crippen molar-refractivity contribution in [3.63, 3.8) is 0 Å². The number of carboxylic acid groups (broad SMARTS) is 1. The van der Waals surface area contributed by atoms with Gasteiger partial charge in [0, 0.05) is 13.7 Å². The highest BCUT2D eigenvalue weighted by Crippen LogP contribution is 2.13. The number of carboxylic acids is 1. The summed E-state index contributed by atoms with van der Waals surface area (Å²) in [5.74, 6) is -0.309. The SMILES string of the molecule is COC(C)(C)CNc1ccc(C(=O)O)c(C)n1. The second kappa shape index (κ2) is 5.14. The first-order chi connectivity index (χ1) is 7.85. The lowest BCUT2D eigenvalue weighted by atomic mass is 10.1. The van der Waals surface area contributed by atoms with Crippen molar-refractivity contribution in [1.82, 2.24) is 4.98 Å². The average Bonchev–Trinajstić information content (AvgIpc) is 2.26. The summed E-state index contributed by atoms with van der Waals surface area (Å²) in [6, 6.07) is 3.20. The molecule has 1 aromatic heterocycles. The molecule has 0 bridgehead atoms. The number of hydrogen-bond donors (Lipinski definition) is 2. The first-order valence-electron chi connectivity index (χ1n) is 5.36. The topological polar surface area (TPSA) is 71.5 Å². The number of aromatic nitrogens is 1. The van der Waals surface area contributed by atoms with Crippen LogP contribution in [0.4, 0.5) is 5.82 Å². The number of aryl methyl sites for hydroxylation is 1. The van der Waals surface area contributed by atoms with Crippen LogP contribution in [0, 0.1) is 6.92 Å². The molecule has 0 radical (unpaired) electrons. The number of pyridine rings is 1. The second-order valence-corrected chi connectivity index (χ2v) is 4.45. The third-order valence-corrected chi connectivity index (χ3v) is 2.56. The van der Waals surface area contributed by atoms with Crippen LogP contribution in [-0.2, 0) is 4.74 Å². The molecular formula is C12H18N2O3. The van der Waals surface area contributed by atoms with Gasteiger partial charge in [0.2, 0.25) is 0 Å². The highest BCUT2D eigenvalue weighted by Gasteiger charge is 2.16. The summed E-state index contributed by atoms with van der Waals surface area (Å²) in [6.07, 6.45) is 0. The van der Waals surface area contributed by atoms with E-state index in [4.69, 9.17) is 9.84 Å².